The van der Waals surface area contributed by atoms with Gasteiger partial charge in [0.15, 0.2) is 12.4 Å². The van der Waals surface area contributed by atoms with Gasteiger partial charge in [-0.2, -0.15) is 0 Å². The van der Waals surface area contributed by atoms with Gasteiger partial charge in [0, 0.05) is 5.02 Å². The van der Waals surface area contributed by atoms with Gasteiger partial charge in [0.25, 0.3) is 5.91 Å². The molecule has 0 spiro atoms. The van der Waals surface area contributed by atoms with Crippen LogP contribution in [0.4, 0.5) is 0 Å². The molecule has 0 aliphatic heterocycles. The molecule has 1 amide bonds. The molecule has 18 heavy (non-hydrogen) atoms. The highest BCUT2D eigenvalue weighted by atomic mass is 35.5. The number of carbonyl (C=O) groups is 2. The maximum atomic E-state index is 11.4. The first-order valence-electron chi connectivity index (χ1n) is 5.18. The second kappa shape index (κ2) is 6.67. The van der Waals surface area contributed by atoms with Crippen molar-refractivity contribution in [1.82, 2.24) is 5.32 Å². The molecule has 1 rings (SSSR count). The normalized spacial score (nSPS) is 9.39. The van der Waals surface area contributed by atoms with E-state index in [1.165, 1.54) is 13.0 Å². The molecule has 1 aromatic rings. The van der Waals surface area contributed by atoms with Gasteiger partial charge in [0.1, 0.15) is 5.75 Å². The number of halogens is 1. The molecule has 1 aromatic carbocycles. The van der Waals surface area contributed by atoms with Crippen LogP contribution in [0.1, 0.15) is 17.3 Å². The highest BCUT2D eigenvalue weighted by molar-refractivity contribution is 6.31. The average molecular weight is 266 g/mol. The van der Waals surface area contributed by atoms with Gasteiger partial charge in [-0.1, -0.05) is 17.5 Å². The minimum atomic E-state index is -0.350. The van der Waals surface area contributed by atoms with Gasteiger partial charge in [0.05, 0.1) is 12.1 Å². The molecule has 0 aliphatic carbocycles. The first kappa shape index (κ1) is 14.1. The summed E-state index contributed by atoms with van der Waals surface area (Å²) >= 11 is 5.78. The number of carbonyl (C=O) groups excluding carboxylic acids is 2. The van der Waals surface area contributed by atoms with Crippen molar-refractivity contribution in [3.8, 4) is 18.1 Å². The zero-order chi connectivity index (χ0) is 13.5. The van der Waals surface area contributed by atoms with Crippen LogP contribution < -0.4 is 10.1 Å². The highest BCUT2D eigenvalue weighted by Gasteiger charge is 2.10. The Balaban J connectivity index is 2.70. The average Bonchev–Trinajstić information content (AvgIpc) is 2.34. The predicted molar refractivity (Wildman–Crippen MR) is 68.8 cm³/mol. The van der Waals surface area contributed by atoms with E-state index in [-0.39, 0.29) is 24.8 Å². The summed E-state index contributed by atoms with van der Waals surface area (Å²) in [5, 5.41) is 2.89. The van der Waals surface area contributed by atoms with Crippen LogP contribution in [0.15, 0.2) is 18.2 Å². The van der Waals surface area contributed by atoms with Gasteiger partial charge in [-0.3, -0.25) is 9.59 Å². The molecular weight excluding hydrogens is 254 g/mol. The molecule has 0 radical (unpaired) electrons. The summed E-state index contributed by atoms with van der Waals surface area (Å²) in [6.07, 6.45) is 5.00. The topological polar surface area (TPSA) is 55.4 Å². The predicted octanol–water partition coefficient (Wildman–Crippen LogP) is 1.67. The number of nitrogens with one attached hydrogen (secondary N) is 1. The number of hydrogen-bond donors (Lipinski definition) is 1. The summed E-state index contributed by atoms with van der Waals surface area (Å²) in [5.41, 5.74) is 0.340. The smallest absolute Gasteiger partial charge is 0.258 e. The number of Topliss-reactive ketones (excluding diaryl/α,β-unsaturated/α-hetero) is 1. The van der Waals surface area contributed by atoms with E-state index < -0.39 is 0 Å². The highest BCUT2D eigenvalue weighted by Crippen LogP contribution is 2.23. The summed E-state index contributed by atoms with van der Waals surface area (Å²) in [7, 11) is 0. The molecular formula is C13H12ClNO3. The first-order chi connectivity index (χ1) is 8.54. The molecule has 0 saturated carbocycles. The molecule has 0 unspecified atom stereocenters. The van der Waals surface area contributed by atoms with E-state index in [2.05, 4.69) is 11.2 Å². The Bertz CT molecular complexity index is 505. The van der Waals surface area contributed by atoms with Crippen molar-refractivity contribution in [3.63, 3.8) is 0 Å². The van der Waals surface area contributed by atoms with Crippen LogP contribution in [0.2, 0.25) is 5.02 Å². The lowest BCUT2D eigenvalue weighted by atomic mass is 10.1. The Hall–Kier alpha value is -1.99. The molecule has 0 bridgehead atoms. The lowest BCUT2D eigenvalue weighted by molar-refractivity contribution is -0.122. The Kier molecular flexibility index (Phi) is 5.22. The number of benzene rings is 1. The molecule has 0 atom stereocenters. The van der Waals surface area contributed by atoms with E-state index in [9.17, 15) is 9.59 Å². The van der Waals surface area contributed by atoms with Gasteiger partial charge >= 0.3 is 0 Å². The fourth-order valence-electron chi connectivity index (χ4n) is 1.25. The summed E-state index contributed by atoms with van der Waals surface area (Å²) < 4.78 is 5.25. The third-order valence-electron chi connectivity index (χ3n) is 2.07. The second-order valence-corrected chi connectivity index (χ2v) is 3.90. The number of amides is 1. The number of rotatable bonds is 5. The van der Waals surface area contributed by atoms with Crippen LogP contribution in [-0.2, 0) is 4.79 Å². The Morgan fingerprint density at radius 2 is 2.22 bits per heavy atom. The van der Waals surface area contributed by atoms with Crippen LogP contribution in [-0.4, -0.2) is 24.8 Å². The zero-order valence-corrected chi connectivity index (χ0v) is 10.6. The quantitative estimate of drug-likeness (QED) is 0.651. The van der Waals surface area contributed by atoms with Crippen LogP contribution in [0, 0.1) is 12.3 Å². The van der Waals surface area contributed by atoms with Crippen molar-refractivity contribution in [2.75, 3.05) is 13.2 Å². The van der Waals surface area contributed by atoms with Crippen LogP contribution in [0.25, 0.3) is 0 Å². The van der Waals surface area contributed by atoms with Gasteiger partial charge in [-0.15, -0.1) is 6.42 Å². The van der Waals surface area contributed by atoms with E-state index in [0.717, 1.165) is 0 Å². The van der Waals surface area contributed by atoms with E-state index in [1.54, 1.807) is 12.1 Å². The fourth-order valence-corrected chi connectivity index (χ4v) is 1.42. The Morgan fingerprint density at radius 1 is 1.50 bits per heavy atom. The van der Waals surface area contributed by atoms with Crippen molar-refractivity contribution in [2.24, 2.45) is 0 Å². The Labute approximate surface area is 110 Å². The zero-order valence-electron chi connectivity index (χ0n) is 9.83. The molecule has 0 fully saturated rings. The lowest BCUT2D eigenvalue weighted by Crippen LogP contribution is -2.29. The Morgan fingerprint density at radius 3 is 2.83 bits per heavy atom. The van der Waals surface area contributed by atoms with Crippen molar-refractivity contribution >= 4 is 23.3 Å². The van der Waals surface area contributed by atoms with Crippen molar-refractivity contribution in [1.29, 1.82) is 0 Å². The molecule has 0 aromatic heterocycles. The maximum Gasteiger partial charge on any atom is 0.258 e. The summed E-state index contributed by atoms with van der Waals surface area (Å²) in [5.74, 6) is 2.06. The standard InChI is InChI=1S/C13H12ClNO3/c1-3-6-15-13(17)8-18-12-5-4-10(14)7-11(12)9(2)16/h1,4-5,7H,6,8H2,2H3,(H,15,17). The van der Waals surface area contributed by atoms with Crippen LogP contribution in [0.3, 0.4) is 0 Å². The molecule has 0 saturated heterocycles. The maximum absolute atomic E-state index is 11.4. The fraction of sp³-hybridized carbons (Fsp3) is 0.231. The number of hydrogen-bond acceptors (Lipinski definition) is 3. The van der Waals surface area contributed by atoms with Gasteiger partial charge in [0.2, 0.25) is 0 Å². The molecule has 0 aliphatic rings. The minimum Gasteiger partial charge on any atom is -0.483 e. The minimum absolute atomic E-state index is 0.141. The number of terminal acetylenes is 1. The summed E-state index contributed by atoms with van der Waals surface area (Å²) in [4.78, 5) is 22.7. The van der Waals surface area contributed by atoms with E-state index in [0.29, 0.717) is 16.3 Å². The van der Waals surface area contributed by atoms with Gasteiger partial charge < -0.3 is 10.1 Å². The van der Waals surface area contributed by atoms with Gasteiger partial charge in [-0.25, -0.2) is 0 Å². The van der Waals surface area contributed by atoms with E-state index in [4.69, 9.17) is 22.8 Å². The van der Waals surface area contributed by atoms with Gasteiger partial charge in [-0.05, 0) is 25.1 Å². The number of ether oxygens (including phenoxy) is 1. The van der Waals surface area contributed by atoms with Crippen molar-refractivity contribution in [3.05, 3.63) is 28.8 Å². The summed E-state index contributed by atoms with van der Waals surface area (Å²) in [6, 6.07) is 4.63. The van der Waals surface area contributed by atoms with Crippen molar-refractivity contribution in [2.45, 2.75) is 6.92 Å². The third kappa shape index (κ3) is 4.11. The van der Waals surface area contributed by atoms with E-state index >= 15 is 0 Å². The molecule has 0 heterocycles. The van der Waals surface area contributed by atoms with Crippen LogP contribution >= 0.6 is 11.6 Å². The third-order valence-corrected chi connectivity index (χ3v) is 2.30. The molecule has 94 valence electrons. The molecule has 4 nitrogen and oxygen atoms in total. The van der Waals surface area contributed by atoms with Crippen LogP contribution in [0.5, 0.6) is 5.75 Å². The second-order valence-electron chi connectivity index (χ2n) is 3.47. The van der Waals surface area contributed by atoms with E-state index in [1.807, 2.05) is 0 Å². The SMILES string of the molecule is C#CCNC(=O)COc1ccc(Cl)cc1C(C)=O. The van der Waals surface area contributed by atoms with Crippen molar-refractivity contribution < 1.29 is 14.3 Å². The molecule has 5 heteroatoms. The molecule has 1 N–H and O–H groups in total. The lowest BCUT2D eigenvalue weighted by Gasteiger charge is -2.09. The summed E-state index contributed by atoms with van der Waals surface area (Å²) in [6.45, 7) is 1.34. The first-order valence-corrected chi connectivity index (χ1v) is 5.56. The monoisotopic (exact) mass is 265 g/mol. The number of ketones is 1. The largest absolute Gasteiger partial charge is 0.483 e.